The van der Waals surface area contributed by atoms with E-state index in [-0.39, 0.29) is 23.9 Å². The maximum atomic E-state index is 14.8. The monoisotopic (exact) mass is 464 g/mol. The van der Waals surface area contributed by atoms with Crippen molar-refractivity contribution in [2.75, 3.05) is 33.4 Å². The van der Waals surface area contributed by atoms with Gasteiger partial charge in [0.2, 0.25) is 0 Å². The number of hydrogen-bond donors (Lipinski definition) is 1. The molecule has 1 aromatic carbocycles. The lowest BCUT2D eigenvalue weighted by molar-refractivity contribution is -0.134. The van der Waals surface area contributed by atoms with Crippen molar-refractivity contribution in [1.82, 2.24) is 10.2 Å². The number of halogens is 1. The highest BCUT2D eigenvalue weighted by atomic mass is 19.1. The molecule has 1 aliphatic heterocycles. The summed E-state index contributed by atoms with van der Waals surface area (Å²) >= 11 is 0. The van der Waals surface area contributed by atoms with Crippen LogP contribution in [0.15, 0.2) is 29.5 Å². The average Bonchev–Trinajstić information content (AvgIpc) is 2.82. The summed E-state index contributed by atoms with van der Waals surface area (Å²) in [5, 5.41) is 3.89. The molecule has 1 heterocycles. The van der Waals surface area contributed by atoms with Gasteiger partial charge in [-0.05, 0) is 58.6 Å². The number of rotatable bonds is 12. The van der Waals surface area contributed by atoms with Gasteiger partial charge in [-0.15, -0.1) is 0 Å². The first kappa shape index (κ1) is 27.6. The van der Waals surface area contributed by atoms with Crippen molar-refractivity contribution in [3.05, 3.63) is 40.8 Å². The van der Waals surface area contributed by atoms with Crippen LogP contribution in [0.2, 0.25) is 0 Å². The molecule has 1 fully saturated rings. The summed E-state index contributed by atoms with van der Waals surface area (Å²) in [6.45, 7) is 18.4. The Labute approximate surface area is 200 Å². The predicted octanol–water partition coefficient (Wildman–Crippen LogP) is 5.54. The van der Waals surface area contributed by atoms with E-state index in [2.05, 4.69) is 58.7 Å². The molecule has 3 atom stereocenters. The molecule has 188 valence electrons. The van der Waals surface area contributed by atoms with Crippen LogP contribution in [0.25, 0.3) is 0 Å². The summed E-state index contributed by atoms with van der Waals surface area (Å²) in [5.74, 6) is 0.326. The number of ether oxygens (including phenoxy) is 3. The van der Waals surface area contributed by atoms with E-state index < -0.39 is 5.72 Å². The minimum atomic E-state index is -0.618. The lowest BCUT2D eigenvalue weighted by Crippen LogP contribution is -2.57. The number of hydrogen-bond acceptors (Lipinski definition) is 5. The molecule has 5 nitrogen and oxygen atoms in total. The van der Waals surface area contributed by atoms with Gasteiger partial charge in [0.05, 0.1) is 26.4 Å². The maximum Gasteiger partial charge on any atom is 0.141 e. The Bertz CT molecular complexity index is 777. The second kappa shape index (κ2) is 12.7. The lowest BCUT2D eigenvalue weighted by atomic mass is 9.87. The molecule has 1 saturated heterocycles. The first-order valence-electron chi connectivity index (χ1n) is 12.5. The zero-order valence-electron chi connectivity index (χ0n) is 22.0. The van der Waals surface area contributed by atoms with Crippen LogP contribution in [0.3, 0.4) is 0 Å². The van der Waals surface area contributed by atoms with E-state index in [1.807, 2.05) is 12.1 Å². The van der Waals surface area contributed by atoms with Crippen LogP contribution in [0.1, 0.15) is 66.9 Å². The second-order valence-electron chi connectivity index (χ2n) is 9.47. The lowest BCUT2D eigenvalue weighted by Gasteiger charge is -2.45. The third-order valence-corrected chi connectivity index (χ3v) is 6.90. The maximum absolute atomic E-state index is 14.8. The van der Waals surface area contributed by atoms with Crippen molar-refractivity contribution in [2.45, 2.75) is 85.6 Å². The number of nitrogens with zero attached hydrogens (tertiary/aromatic N) is 1. The van der Waals surface area contributed by atoms with Crippen LogP contribution in [-0.2, 0) is 15.9 Å². The molecule has 33 heavy (non-hydrogen) atoms. The molecule has 2 rings (SSSR count). The fourth-order valence-electron chi connectivity index (χ4n) is 4.66. The van der Waals surface area contributed by atoms with Crippen LogP contribution in [0, 0.1) is 11.7 Å². The highest BCUT2D eigenvalue weighted by molar-refractivity contribution is 5.29. The van der Waals surface area contributed by atoms with Crippen molar-refractivity contribution in [3.8, 4) is 5.75 Å². The van der Waals surface area contributed by atoms with Crippen LogP contribution >= 0.6 is 0 Å². The zero-order valence-corrected chi connectivity index (χ0v) is 22.0. The largest absolute Gasteiger partial charge is 0.497 e. The highest BCUT2D eigenvalue weighted by Gasteiger charge is 2.39. The van der Waals surface area contributed by atoms with Gasteiger partial charge in [-0.3, -0.25) is 4.90 Å². The molecule has 2 unspecified atom stereocenters. The number of nitrogens with one attached hydrogen (secondary N) is 1. The van der Waals surface area contributed by atoms with Crippen LogP contribution in [-0.4, -0.2) is 56.2 Å². The Kier molecular flexibility index (Phi) is 10.6. The highest BCUT2D eigenvalue weighted by Crippen LogP contribution is 2.32. The van der Waals surface area contributed by atoms with Gasteiger partial charge < -0.3 is 19.5 Å². The van der Waals surface area contributed by atoms with Crippen LogP contribution in [0.5, 0.6) is 5.75 Å². The Morgan fingerprint density at radius 2 is 1.85 bits per heavy atom. The van der Waals surface area contributed by atoms with E-state index in [0.29, 0.717) is 17.7 Å². The molecule has 0 spiro atoms. The third-order valence-electron chi connectivity index (χ3n) is 6.90. The normalized spacial score (nSPS) is 19.6. The van der Waals surface area contributed by atoms with E-state index in [9.17, 15) is 4.39 Å². The predicted molar refractivity (Wildman–Crippen MR) is 133 cm³/mol. The van der Waals surface area contributed by atoms with Gasteiger partial charge in [-0.1, -0.05) is 32.4 Å². The molecule has 1 N–H and O–H groups in total. The van der Waals surface area contributed by atoms with Gasteiger partial charge in [-0.2, -0.15) is 0 Å². The minimum absolute atomic E-state index is 0.0301. The molecule has 0 amide bonds. The second-order valence-corrected chi connectivity index (χ2v) is 9.47. The van der Waals surface area contributed by atoms with E-state index in [1.54, 1.807) is 7.11 Å². The summed E-state index contributed by atoms with van der Waals surface area (Å²) in [4.78, 5) is 2.47. The van der Waals surface area contributed by atoms with E-state index in [1.165, 1.54) is 17.3 Å². The van der Waals surface area contributed by atoms with E-state index in [4.69, 9.17) is 14.2 Å². The number of methoxy groups -OCH3 is 1. The quantitative estimate of drug-likeness (QED) is 0.412. The fourth-order valence-corrected chi connectivity index (χ4v) is 4.66. The van der Waals surface area contributed by atoms with Crippen molar-refractivity contribution in [3.63, 3.8) is 0 Å². The fraction of sp³-hybridized carbons (Fsp3) is 0.704. The summed E-state index contributed by atoms with van der Waals surface area (Å²) in [6.07, 6.45) is 2.32. The topological polar surface area (TPSA) is 43.0 Å². The molecule has 1 aromatic rings. The van der Waals surface area contributed by atoms with Gasteiger partial charge in [0, 0.05) is 36.8 Å². The summed E-state index contributed by atoms with van der Waals surface area (Å²) in [5.41, 5.74) is 2.59. The van der Waals surface area contributed by atoms with Gasteiger partial charge in [-0.25, -0.2) is 4.39 Å². The summed E-state index contributed by atoms with van der Waals surface area (Å²) < 4.78 is 32.2. The molecule has 0 aromatic heterocycles. The Hall–Kier alpha value is -1.63. The summed E-state index contributed by atoms with van der Waals surface area (Å²) in [7, 11) is 1.55. The number of benzene rings is 1. The molecule has 1 aliphatic rings. The van der Waals surface area contributed by atoms with Gasteiger partial charge in [0.25, 0.3) is 0 Å². The average molecular weight is 465 g/mol. The standard InChI is InChI=1S/C27H45FN2O3/c1-9-20(5)26(22(7)30-13-15-32-16-14-30)29-27(10-2,33-19(3)4)21(6)17-23-11-12-24(31-8)18-25(23)28/h11-12,18-19,21-22,29H,9-10,13-17H2,1-8H3/b26-20-/t21-,22?,27?/m1/s1. The van der Waals surface area contributed by atoms with E-state index >= 15 is 0 Å². The Morgan fingerprint density at radius 1 is 1.18 bits per heavy atom. The third kappa shape index (κ3) is 7.17. The van der Waals surface area contributed by atoms with Crippen molar-refractivity contribution in [2.24, 2.45) is 5.92 Å². The van der Waals surface area contributed by atoms with Gasteiger partial charge >= 0.3 is 0 Å². The number of allylic oxidation sites excluding steroid dienone is 1. The zero-order chi connectivity index (χ0) is 24.6. The summed E-state index contributed by atoms with van der Waals surface area (Å²) in [6, 6.07) is 5.33. The molecule has 0 radical (unpaired) electrons. The minimum Gasteiger partial charge on any atom is -0.497 e. The van der Waals surface area contributed by atoms with Crippen LogP contribution in [0.4, 0.5) is 4.39 Å². The Morgan fingerprint density at radius 3 is 2.36 bits per heavy atom. The van der Waals surface area contributed by atoms with Gasteiger partial charge in [0.15, 0.2) is 0 Å². The van der Waals surface area contributed by atoms with Crippen molar-refractivity contribution < 1.29 is 18.6 Å². The molecular formula is C27H45FN2O3. The molecule has 6 heteroatoms. The van der Waals surface area contributed by atoms with Crippen molar-refractivity contribution >= 4 is 0 Å². The van der Waals surface area contributed by atoms with Gasteiger partial charge in [0.1, 0.15) is 17.3 Å². The van der Waals surface area contributed by atoms with E-state index in [0.717, 1.165) is 39.1 Å². The molecule has 0 bridgehead atoms. The van der Waals surface area contributed by atoms with Crippen LogP contribution < -0.4 is 10.1 Å². The smallest absolute Gasteiger partial charge is 0.141 e. The first-order valence-corrected chi connectivity index (χ1v) is 12.5. The van der Waals surface area contributed by atoms with Crippen molar-refractivity contribution in [1.29, 1.82) is 0 Å². The first-order chi connectivity index (χ1) is 15.7. The Balaban J connectivity index is 2.38. The molecule has 0 saturated carbocycles. The molecule has 0 aliphatic carbocycles. The SMILES string of the molecule is CC/C(C)=C(\NC(CC)(OC(C)C)[C@H](C)Cc1ccc(OC)cc1F)C(C)N1CCOCC1. The number of morpholine rings is 1. The molecular weight excluding hydrogens is 419 g/mol.